The molecule has 1 aliphatic carbocycles. The maximum atomic E-state index is 11.6. The summed E-state index contributed by atoms with van der Waals surface area (Å²) in [5.41, 5.74) is -0.00945. The number of nitrogens with one attached hydrogen (secondary N) is 1. The van der Waals surface area contributed by atoms with E-state index in [0.29, 0.717) is 12.0 Å². The molecule has 1 N–H and O–H groups in total. The summed E-state index contributed by atoms with van der Waals surface area (Å²) >= 11 is 0. The van der Waals surface area contributed by atoms with Crippen molar-refractivity contribution in [2.45, 2.75) is 38.8 Å². The number of alkyl carbamates (subject to hydrolysis) is 1. The number of carbonyl (C=O) groups is 2. The van der Waals surface area contributed by atoms with Gasteiger partial charge in [-0.25, -0.2) is 9.59 Å². The van der Waals surface area contributed by atoms with Crippen LogP contribution in [0, 0.1) is 20.0 Å². The van der Waals surface area contributed by atoms with Crippen molar-refractivity contribution in [3.05, 3.63) is 43.8 Å². The summed E-state index contributed by atoms with van der Waals surface area (Å²) in [7, 11) is 1.33. The number of hydrogen-bond acceptors (Lipinski definition) is 4. The molecule has 1 amide bonds. The topological polar surface area (TPSA) is 124 Å². The summed E-state index contributed by atoms with van der Waals surface area (Å²) in [6.45, 7) is 18.9. The Kier molecular flexibility index (Phi) is 22.5. The summed E-state index contributed by atoms with van der Waals surface area (Å²) < 4.78 is 32.3. The molecular weight excluding hydrogens is 374 g/mol. The van der Waals surface area contributed by atoms with Crippen LogP contribution in [0.5, 0.6) is 0 Å². The van der Waals surface area contributed by atoms with Crippen molar-refractivity contribution in [2.75, 3.05) is 7.11 Å². The monoisotopic (exact) mass is 393 g/mol. The third kappa shape index (κ3) is 16.6. The quantitative estimate of drug-likeness (QED) is 0.333. The number of allylic oxidation sites excluding steroid dienone is 2. The van der Waals surface area contributed by atoms with Gasteiger partial charge < -0.3 is 14.8 Å². The van der Waals surface area contributed by atoms with E-state index in [1.54, 1.807) is 39.0 Å². The first-order valence-electron chi connectivity index (χ1n) is 6.38. The van der Waals surface area contributed by atoms with Gasteiger partial charge in [-0.15, -0.1) is 0 Å². The number of ether oxygens (including phenoxy) is 2. The van der Waals surface area contributed by atoms with Gasteiger partial charge in [0.2, 0.25) is 0 Å². The molecule has 0 aromatic heterocycles. The zero-order chi connectivity index (χ0) is 19.8. The van der Waals surface area contributed by atoms with Crippen LogP contribution in [0.15, 0.2) is 23.8 Å². The van der Waals surface area contributed by atoms with Crippen LogP contribution >= 0.6 is 0 Å². The van der Waals surface area contributed by atoms with Gasteiger partial charge in [0.25, 0.3) is 0 Å². The predicted molar refractivity (Wildman–Crippen MR) is 78.8 cm³/mol. The molecule has 0 radical (unpaired) electrons. The molecule has 1 aliphatic rings. The molecule has 0 aromatic rings. The molecule has 8 nitrogen and oxygen atoms in total. The molecular formula is C16H19FeNO7. The smallest absolute Gasteiger partial charge is 0 e. The van der Waals surface area contributed by atoms with E-state index in [1.807, 2.05) is 0 Å². The Bertz CT molecular complexity index is 499. The number of esters is 1. The summed E-state index contributed by atoms with van der Waals surface area (Å²) in [6.07, 6.45) is 5.11. The Hall–Kier alpha value is -2.04. The molecule has 25 heavy (non-hydrogen) atoms. The van der Waals surface area contributed by atoms with Gasteiger partial charge in [-0.05, 0) is 20.8 Å². The fourth-order valence-electron chi connectivity index (χ4n) is 1.52. The van der Waals surface area contributed by atoms with Gasteiger partial charge in [0.15, 0.2) is 0 Å². The third-order valence-electron chi connectivity index (χ3n) is 2.23. The van der Waals surface area contributed by atoms with Gasteiger partial charge in [0, 0.05) is 29.1 Å². The zero-order valence-corrected chi connectivity index (χ0v) is 15.3. The van der Waals surface area contributed by atoms with Gasteiger partial charge in [0.1, 0.15) is 5.60 Å². The number of hydrogen-bond donors (Lipinski definition) is 1. The van der Waals surface area contributed by atoms with Crippen LogP contribution in [0.25, 0.3) is 0 Å². The third-order valence-corrected chi connectivity index (χ3v) is 2.23. The molecule has 0 unspecified atom stereocenters. The van der Waals surface area contributed by atoms with Crippen LogP contribution < -0.4 is 5.32 Å². The summed E-state index contributed by atoms with van der Waals surface area (Å²) in [5, 5.41) is 2.69. The minimum Gasteiger partial charge on any atom is 0 e. The zero-order valence-electron chi connectivity index (χ0n) is 14.2. The summed E-state index contributed by atoms with van der Waals surface area (Å²) in [4.78, 5) is 22.9. The number of amides is 1. The maximum absolute atomic E-state index is 11.6. The molecule has 0 spiro atoms. The molecule has 0 aliphatic heterocycles. The second-order valence-corrected chi connectivity index (χ2v) is 5.03. The molecule has 1 rings (SSSR count). The second-order valence-electron chi connectivity index (χ2n) is 5.03. The first-order valence-corrected chi connectivity index (χ1v) is 6.38. The normalized spacial score (nSPS) is 13.8. The fourth-order valence-corrected chi connectivity index (χ4v) is 1.52. The van der Waals surface area contributed by atoms with Crippen molar-refractivity contribution >= 4 is 12.1 Å². The SMILES string of the molecule is COC(=O)C1=CC=C[C@@H](NC(=O)OC(C)(C)C)C1.[C-]#[O+].[C-]#[O+].[C-]#[O+].[Fe]. The molecule has 9 heteroatoms. The van der Waals surface area contributed by atoms with Crippen LogP contribution in [0.4, 0.5) is 4.79 Å². The van der Waals surface area contributed by atoms with Crippen molar-refractivity contribution in [1.82, 2.24) is 5.32 Å². The molecule has 0 saturated carbocycles. The van der Waals surface area contributed by atoms with E-state index < -0.39 is 11.7 Å². The largest absolute Gasteiger partial charge is 0 e. The van der Waals surface area contributed by atoms with Gasteiger partial charge in [-0.2, -0.15) is 0 Å². The number of rotatable bonds is 2. The van der Waals surface area contributed by atoms with Crippen LogP contribution in [0.3, 0.4) is 0 Å². The first kappa shape index (κ1) is 30.8. The van der Waals surface area contributed by atoms with Crippen LogP contribution in [-0.4, -0.2) is 30.8 Å². The molecule has 0 fully saturated rings. The molecule has 0 heterocycles. The summed E-state index contributed by atoms with van der Waals surface area (Å²) in [6, 6.07) is -0.251. The van der Waals surface area contributed by atoms with Crippen LogP contribution in [-0.2, 0) is 45.3 Å². The Balaban J connectivity index is -0.000000284. The molecule has 138 valence electrons. The van der Waals surface area contributed by atoms with E-state index in [-0.39, 0.29) is 29.1 Å². The minimum atomic E-state index is -0.538. The number of methoxy groups -OCH3 is 1. The average molecular weight is 393 g/mol. The summed E-state index contributed by atoms with van der Waals surface area (Å²) in [5.74, 6) is -0.379. The molecule has 0 bridgehead atoms. The minimum absolute atomic E-state index is 0. The van der Waals surface area contributed by atoms with E-state index >= 15 is 0 Å². The van der Waals surface area contributed by atoms with Gasteiger partial charge >= 0.3 is 46.0 Å². The van der Waals surface area contributed by atoms with Crippen molar-refractivity contribution in [3.8, 4) is 0 Å². The second kappa shape index (κ2) is 18.3. The van der Waals surface area contributed by atoms with E-state index in [4.69, 9.17) is 18.7 Å². The van der Waals surface area contributed by atoms with E-state index in [2.05, 4.69) is 30.0 Å². The van der Waals surface area contributed by atoms with E-state index in [1.165, 1.54) is 7.11 Å². The van der Waals surface area contributed by atoms with Gasteiger partial charge in [0.05, 0.1) is 13.2 Å². The van der Waals surface area contributed by atoms with Crippen LogP contribution in [0.1, 0.15) is 27.2 Å². The molecule has 1 atom stereocenters. The van der Waals surface area contributed by atoms with Gasteiger partial charge in [-0.3, -0.25) is 0 Å². The standard InChI is InChI=1S/C13H19NO4.3CO.Fe/c1-13(2,3)18-12(16)14-10-7-5-6-9(8-10)11(15)17-4;3*1-2;/h5-7,10H,8H2,1-4H3,(H,14,16);;;;/t10-;;;;/m1..../s1. The average Bonchev–Trinajstić information content (AvgIpc) is 2.58. The van der Waals surface area contributed by atoms with Crippen molar-refractivity contribution in [2.24, 2.45) is 0 Å². The molecule has 0 aromatic carbocycles. The van der Waals surface area contributed by atoms with Crippen LogP contribution in [0.2, 0.25) is 0 Å². The number of carbonyl (C=O) groups excluding carboxylic acids is 2. The van der Waals surface area contributed by atoms with Crippen molar-refractivity contribution < 1.29 is 50.1 Å². The van der Waals surface area contributed by atoms with Crippen molar-refractivity contribution in [1.29, 1.82) is 0 Å². The fraction of sp³-hybridized carbons (Fsp3) is 0.438. The Morgan fingerprint density at radius 2 is 1.64 bits per heavy atom. The molecule has 0 saturated heterocycles. The Morgan fingerprint density at radius 1 is 1.16 bits per heavy atom. The van der Waals surface area contributed by atoms with E-state index in [0.717, 1.165) is 0 Å². The van der Waals surface area contributed by atoms with E-state index in [9.17, 15) is 9.59 Å². The maximum Gasteiger partial charge on any atom is 0 e. The Labute approximate surface area is 157 Å². The predicted octanol–water partition coefficient (Wildman–Crippen LogP) is 1.82. The Morgan fingerprint density at radius 3 is 2.04 bits per heavy atom. The van der Waals surface area contributed by atoms with Crippen molar-refractivity contribution in [3.63, 3.8) is 0 Å². The van der Waals surface area contributed by atoms with Gasteiger partial charge in [-0.1, -0.05) is 18.2 Å². The first-order chi connectivity index (χ1) is 11.3.